The first kappa shape index (κ1) is 19.1. The zero-order valence-electron chi connectivity index (χ0n) is 15.3. The molecule has 7 nitrogen and oxygen atoms in total. The van der Waals surface area contributed by atoms with Crippen LogP contribution in [0.2, 0.25) is 0 Å². The highest BCUT2D eigenvalue weighted by Crippen LogP contribution is 2.22. The van der Waals surface area contributed by atoms with Crippen molar-refractivity contribution < 1.29 is 19.1 Å². The number of carbonyl (C=O) groups excluding carboxylic acids is 3. The second-order valence-corrected chi connectivity index (χ2v) is 6.42. The number of ether oxygens (including phenoxy) is 1. The number of nitriles is 1. The molecule has 0 aromatic heterocycles. The van der Waals surface area contributed by atoms with E-state index in [-0.39, 0.29) is 5.91 Å². The van der Waals surface area contributed by atoms with Crippen LogP contribution < -0.4 is 10.2 Å². The summed E-state index contributed by atoms with van der Waals surface area (Å²) >= 11 is 0. The van der Waals surface area contributed by atoms with Crippen molar-refractivity contribution in [2.75, 3.05) is 16.8 Å². The fourth-order valence-corrected chi connectivity index (χ4v) is 2.85. The van der Waals surface area contributed by atoms with Crippen LogP contribution >= 0.6 is 0 Å². The third-order valence-corrected chi connectivity index (χ3v) is 4.42. The maximum Gasteiger partial charge on any atom is 0.338 e. The molecule has 3 rings (SSSR count). The van der Waals surface area contributed by atoms with E-state index in [1.165, 1.54) is 6.92 Å². The third kappa shape index (κ3) is 4.35. The Morgan fingerprint density at radius 1 is 1.14 bits per heavy atom. The van der Waals surface area contributed by atoms with E-state index in [0.29, 0.717) is 29.8 Å². The van der Waals surface area contributed by atoms with Crippen LogP contribution in [0.5, 0.6) is 0 Å². The van der Waals surface area contributed by atoms with Gasteiger partial charge in [0.1, 0.15) is 0 Å². The molecule has 0 unspecified atom stereocenters. The van der Waals surface area contributed by atoms with E-state index >= 15 is 0 Å². The predicted molar refractivity (Wildman–Crippen MR) is 103 cm³/mol. The molecule has 0 aliphatic carbocycles. The Labute approximate surface area is 162 Å². The quantitative estimate of drug-likeness (QED) is 0.808. The van der Waals surface area contributed by atoms with E-state index in [4.69, 9.17) is 10.00 Å². The summed E-state index contributed by atoms with van der Waals surface area (Å²) in [6, 6.07) is 14.9. The molecule has 1 atom stereocenters. The molecule has 142 valence electrons. The maximum atomic E-state index is 12.3. The third-order valence-electron chi connectivity index (χ3n) is 4.42. The number of carbonyl (C=O) groups is 3. The molecule has 2 aromatic carbocycles. The van der Waals surface area contributed by atoms with Crippen LogP contribution in [0.1, 0.15) is 35.7 Å². The first-order chi connectivity index (χ1) is 13.5. The lowest BCUT2D eigenvalue weighted by molar-refractivity contribution is -0.123. The standard InChI is InChI=1S/C21H19N3O4/c1-14(20(26)23-17-8-4-15(13-22)5-9-17)28-21(27)16-6-10-18(11-7-16)24-12-2-3-19(24)25/h4-11,14H,2-3,12H2,1H3,(H,23,26)/t14-/m0/s1. The first-order valence-corrected chi connectivity index (χ1v) is 8.90. The first-order valence-electron chi connectivity index (χ1n) is 8.90. The molecule has 1 aliphatic heterocycles. The van der Waals surface area contributed by atoms with Crippen LogP contribution in [0.4, 0.5) is 11.4 Å². The van der Waals surface area contributed by atoms with E-state index in [0.717, 1.165) is 12.1 Å². The Balaban J connectivity index is 1.57. The Kier molecular flexibility index (Phi) is 5.70. The topological polar surface area (TPSA) is 99.5 Å². The molecule has 1 heterocycles. The van der Waals surface area contributed by atoms with Crippen LogP contribution in [-0.4, -0.2) is 30.4 Å². The SMILES string of the molecule is C[C@H](OC(=O)c1ccc(N2CCCC2=O)cc1)C(=O)Nc1ccc(C#N)cc1. The number of nitrogens with one attached hydrogen (secondary N) is 1. The van der Waals surface area contributed by atoms with Gasteiger partial charge in [0.05, 0.1) is 17.2 Å². The second kappa shape index (κ2) is 8.35. The van der Waals surface area contributed by atoms with Crippen molar-refractivity contribution in [3.63, 3.8) is 0 Å². The van der Waals surface area contributed by atoms with Gasteiger partial charge < -0.3 is 15.0 Å². The molecular formula is C21H19N3O4. The molecule has 0 saturated carbocycles. The summed E-state index contributed by atoms with van der Waals surface area (Å²) in [5, 5.41) is 11.4. The zero-order chi connectivity index (χ0) is 20.1. The lowest BCUT2D eigenvalue weighted by atomic mass is 10.2. The number of esters is 1. The zero-order valence-corrected chi connectivity index (χ0v) is 15.3. The van der Waals surface area contributed by atoms with Gasteiger partial charge >= 0.3 is 5.97 Å². The van der Waals surface area contributed by atoms with E-state index in [9.17, 15) is 14.4 Å². The molecule has 1 N–H and O–H groups in total. The van der Waals surface area contributed by atoms with Gasteiger partial charge in [0, 0.05) is 24.3 Å². The molecule has 28 heavy (non-hydrogen) atoms. The van der Waals surface area contributed by atoms with E-state index in [1.807, 2.05) is 6.07 Å². The van der Waals surface area contributed by atoms with Crippen molar-refractivity contribution >= 4 is 29.2 Å². The number of hydrogen-bond donors (Lipinski definition) is 1. The minimum absolute atomic E-state index is 0.0726. The van der Waals surface area contributed by atoms with Gasteiger partial charge in [-0.05, 0) is 61.9 Å². The van der Waals surface area contributed by atoms with Gasteiger partial charge in [-0.1, -0.05) is 0 Å². The highest BCUT2D eigenvalue weighted by molar-refractivity contribution is 5.98. The Morgan fingerprint density at radius 3 is 2.39 bits per heavy atom. The van der Waals surface area contributed by atoms with E-state index in [2.05, 4.69) is 5.32 Å². The molecule has 2 amide bonds. The minimum atomic E-state index is -0.997. The number of hydrogen-bond acceptors (Lipinski definition) is 5. The summed E-state index contributed by atoms with van der Waals surface area (Å²) in [5.74, 6) is -1.03. The van der Waals surface area contributed by atoms with Crippen molar-refractivity contribution in [3.05, 3.63) is 59.7 Å². The molecule has 1 aliphatic rings. The summed E-state index contributed by atoms with van der Waals surface area (Å²) in [5.41, 5.74) is 2.03. The van der Waals surface area contributed by atoms with Gasteiger partial charge in [-0.3, -0.25) is 9.59 Å². The van der Waals surface area contributed by atoms with Crippen LogP contribution in [0, 0.1) is 11.3 Å². The highest BCUT2D eigenvalue weighted by atomic mass is 16.5. The lowest BCUT2D eigenvalue weighted by Crippen LogP contribution is -2.30. The van der Waals surface area contributed by atoms with Gasteiger partial charge in [0.15, 0.2) is 6.10 Å². The summed E-state index contributed by atoms with van der Waals surface area (Å²) in [6.07, 6.45) is 0.368. The van der Waals surface area contributed by atoms with Crippen molar-refractivity contribution in [3.8, 4) is 6.07 Å². The van der Waals surface area contributed by atoms with Crippen LogP contribution in [-0.2, 0) is 14.3 Å². The molecule has 0 bridgehead atoms. The van der Waals surface area contributed by atoms with Gasteiger partial charge in [-0.15, -0.1) is 0 Å². The Bertz CT molecular complexity index is 930. The van der Waals surface area contributed by atoms with Crippen LogP contribution in [0.3, 0.4) is 0 Å². The molecule has 1 saturated heterocycles. The molecule has 2 aromatic rings. The summed E-state index contributed by atoms with van der Waals surface area (Å²) in [4.78, 5) is 37.9. The number of rotatable bonds is 5. The van der Waals surface area contributed by atoms with Gasteiger partial charge in [-0.25, -0.2) is 4.79 Å². The van der Waals surface area contributed by atoms with E-state index in [1.54, 1.807) is 53.4 Å². The van der Waals surface area contributed by atoms with E-state index < -0.39 is 18.0 Å². The van der Waals surface area contributed by atoms with Crippen LogP contribution in [0.25, 0.3) is 0 Å². The van der Waals surface area contributed by atoms with Crippen LogP contribution in [0.15, 0.2) is 48.5 Å². The number of anilines is 2. The number of benzene rings is 2. The Morgan fingerprint density at radius 2 is 1.82 bits per heavy atom. The van der Waals surface area contributed by atoms with Crippen molar-refractivity contribution in [1.82, 2.24) is 0 Å². The van der Waals surface area contributed by atoms with Gasteiger partial charge in [0.2, 0.25) is 5.91 Å². The Hall–Kier alpha value is -3.66. The average molecular weight is 377 g/mol. The summed E-state index contributed by atoms with van der Waals surface area (Å²) in [7, 11) is 0. The fourth-order valence-electron chi connectivity index (χ4n) is 2.85. The number of nitrogens with zero attached hydrogens (tertiary/aromatic N) is 2. The second-order valence-electron chi connectivity index (χ2n) is 6.42. The van der Waals surface area contributed by atoms with Gasteiger partial charge in [-0.2, -0.15) is 5.26 Å². The molecule has 7 heteroatoms. The number of amides is 2. The minimum Gasteiger partial charge on any atom is -0.449 e. The normalized spacial score (nSPS) is 14.3. The monoisotopic (exact) mass is 377 g/mol. The van der Waals surface area contributed by atoms with Crippen molar-refractivity contribution in [2.45, 2.75) is 25.9 Å². The lowest BCUT2D eigenvalue weighted by Gasteiger charge is -2.16. The fraction of sp³-hybridized carbons (Fsp3) is 0.238. The molecule has 0 spiro atoms. The molecule has 1 fully saturated rings. The van der Waals surface area contributed by atoms with Crippen molar-refractivity contribution in [1.29, 1.82) is 5.26 Å². The molecule has 0 radical (unpaired) electrons. The predicted octanol–water partition coefficient (Wildman–Crippen LogP) is 2.87. The highest BCUT2D eigenvalue weighted by Gasteiger charge is 2.23. The average Bonchev–Trinajstić information content (AvgIpc) is 3.14. The maximum absolute atomic E-state index is 12.3. The molecular weight excluding hydrogens is 358 g/mol. The smallest absolute Gasteiger partial charge is 0.338 e. The summed E-state index contributed by atoms with van der Waals surface area (Å²) < 4.78 is 5.22. The largest absolute Gasteiger partial charge is 0.449 e. The van der Waals surface area contributed by atoms with Gasteiger partial charge in [0.25, 0.3) is 5.91 Å². The van der Waals surface area contributed by atoms with Crippen molar-refractivity contribution in [2.24, 2.45) is 0 Å². The summed E-state index contributed by atoms with van der Waals surface area (Å²) in [6.45, 7) is 2.16.